The van der Waals surface area contributed by atoms with Crippen LogP contribution in [0.15, 0.2) is 78.9 Å². The number of fused-ring (bicyclic) bond motifs is 3. The molecule has 3 aromatic carbocycles. The lowest BCUT2D eigenvalue weighted by atomic mass is 9.82. The summed E-state index contributed by atoms with van der Waals surface area (Å²) in [5.74, 6) is -2.33. The fourth-order valence-electron chi connectivity index (χ4n) is 5.48. The van der Waals surface area contributed by atoms with Crippen LogP contribution >= 0.6 is 0 Å². The summed E-state index contributed by atoms with van der Waals surface area (Å²) in [4.78, 5) is 26.4. The molecule has 0 radical (unpaired) electrons. The number of anilines is 1. The molecule has 2 bridgehead atoms. The molecule has 0 spiro atoms. The second-order valence-electron chi connectivity index (χ2n) is 9.85. The number of quaternary nitrogens is 1. The van der Waals surface area contributed by atoms with Gasteiger partial charge >= 0.3 is 5.97 Å². The molecular formula is C29H29BrF2N2O3. The van der Waals surface area contributed by atoms with E-state index in [1.807, 2.05) is 60.7 Å². The van der Waals surface area contributed by atoms with E-state index in [4.69, 9.17) is 4.74 Å². The summed E-state index contributed by atoms with van der Waals surface area (Å²) >= 11 is 0. The minimum atomic E-state index is -1.03. The van der Waals surface area contributed by atoms with Crippen molar-refractivity contribution in [1.82, 2.24) is 0 Å². The van der Waals surface area contributed by atoms with Crippen molar-refractivity contribution < 1.29 is 44.6 Å². The third-order valence-electron chi connectivity index (χ3n) is 7.48. The molecule has 0 amide bonds. The lowest BCUT2D eigenvalue weighted by Crippen LogP contribution is -3.00. The molecule has 3 aliphatic heterocycles. The maximum Gasteiger partial charge on any atom is 0.333 e. The number of rotatable bonds is 8. The van der Waals surface area contributed by atoms with Crippen LogP contribution in [0, 0.1) is 17.6 Å². The zero-order chi connectivity index (χ0) is 25.1. The number of hydrogen-bond acceptors (Lipinski definition) is 4. The van der Waals surface area contributed by atoms with Gasteiger partial charge in [-0.25, -0.2) is 13.6 Å². The third kappa shape index (κ3) is 6.08. The largest absolute Gasteiger partial charge is 1.00 e. The highest BCUT2D eigenvalue weighted by atomic mass is 79.9. The first-order valence-electron chi connectivity index (χ1n) is 12.3. The molecule has 3 aromatic rings. The second-order valence-corrected chi connectivity index (χ2v) is 9.85. The number of carbonyl (C=O) groups is 2. The maximum absolute atomic E-state index is 13.7. The minimum Gasteiger partial charge on any atom is -1.00 e. The molecule has 5 nitrogen and oxygen atoms in total. The summed E-state index contributed by atoms with van der Waals surface area (Å²) in [5, 5.41) is 3.30. The minimum absolute atomic E-state index is 0. The lowest BCUT2D eigenvalue weighted by molar-refractivity contribution is -0.938. The predicted octanol–water partition coefficient (Wildman–Crippen LogP) is 2.16. The third-order valence-corrected chi connectivity index (χ3v) is 7.48. The van der Waals surface area contributed by atoms with Gasteiger partial charge < -0.3 is 31.5 Å². The average molecular weight is 571 g/mol. The van der Waals surface area contributed by atoms with E-state index in [0.717, 1.165) is 49.3 Å². The van der Waals surface area contributed by atoms with E-state index in [1.165, 1.54) is 6.07 Å². The standard InChI is InChI=1S/C29H29F2N2O3.BrH/c30-24-12-11-22(17-25(24)31)26(34)18-33-15-13-20(14-16-33)27(19-33)36-29(35)28(21-7-3-1-4-8-21)32-23-9-5-2-6-10-23;/h1-12,17,20,27-28,32H,13-16,18-19H2;1H/q+1;/p-1/t20?,27-,28+,33?;/m0./s1. The highest BCUT2D eigenvalue weighted by molar-refractivity contribution is 5.97. The van der Waals surface area contributed by atoms with Gasteiger partial charge in [-0.1, -0.05) is 48.5 Å². The maximum atomic E-state index is 13.7. The number of para-hydroxylation sites is 1. The van der Waals surface area contributed by atoms with Gasteiger partial charge in [0, 0.05) is 30.0 Å². The van der Waals surface area contributed by atoms with Crippen LogP contribution in [0.25, 0.3) is 0 Å². The molecule has 8 heteroatoms. The van der Waals surface area contributed by atoms with Crippen LogP contribution in [0.2, 0.25) is 0 Å². The zero-order valence-corrected chi connectivity index (χ0v) is 21.9. The first-order chi connectivity index (χ1) is 17.4. The van der Waals surface area contributed by atoms with E-state index in [-0.39, 0.29) is 52.9 Å². The number of esters is 1. The lowest BCUT2D eigenvalue weighted by Gasteiger charge is -2.51. The molecule has 3 aliphatic rings. The van der Waals surface area contributed by atoms with Crippen LogP contribution in [0.5, 0.6) is 0 Å². The van der Waals surface area contributed by atoms with Crippen LogP contribution in [0.1, 0.15) is 34.8 Å². The Kier molecular flexibility index (Phi) is 8.39. The molecule has 1 N–H and O–H groups in total. The highest BCUT2D eigenvalue weighted by Gasteiger charge is 2.49. The second kappa shape index (κ2) is 11.5. The Labute approximate surface area is 225 Å². The monoisotopic (exact) mass is 570 g/mol. The number of piperidine rings is 3. The van der Waals surface area contributed by atoms with Crippen molar-refractivity contribution in [2.24, 2.45) is 5.92 Å². The van der Waals surface area contributed by atoms with Crippen LogP contribution in [-0.2, 0) is 9.53 Å². The summed E-state index contributed by atoms with van der Waals surface area (Å²) in [6, 6.07) is 21.6. The van der Waals surface area contributed by atoms with E-state index in [0.29, 0.717) is 11.0 Å². The fraction of sp³-hybridized carbons (Fsp3) is 0.310. The summed E-state index contributed by atoms with van der Waals surface area (Å²) in [7, 11) is 0. The van der Waals surface area contributed by atoms with E-state index < -0.39 is 17.7 Å². The Morgan fingerprint density at radius 1 is 0.919 bits per heavy atom. The molecule has 0 unspecified atom stereocenters. The Hall–Kier alpha value is -3.10. The summed E-state index contributed by atoms with van der Waals surface area (Å²) in [6.45, 7) is 2.33. The van der Waals surface area contributed by atoms with E-state index in [1.54, 1.807) is 0 Å². The normalized spacial score (nSPS) is 23.0. The van der Waals surface area contributed by atoms with Crippen molar-refractivity contribution in [2.45, 2.75) is 25.0 Å². The zero-order valence-electron chi connectivity index (χ0n) is 20.3. The van der Waals surface area contributed by atoms with Crippen molar-refractivity contribution in [1.29, 1.82) is 0 Å². The van der Waals surface area contributed by atoms with Gasteiger partial charge in [-0.15, -0.1) is 0 Å². The van der Waals surface area contributed by atoms with Crippen LogP contribution < -0.4 is 22.3 Å². The van der Waals surface area contributed by atoms with E-state index in [2.05, 4.69) is 5.32 Å². The van der Waals surface area contributed by atoms with Crippen molar-refractivity contribution in [3.63, 3.8) is 0 Å². The SMILES string of the molecule is O=C(C[N+]12CCC(CC1)[C@@H](OC(=O)[C@H](Nc1ccccc1)c1ccccc1)C2)c1ccc(F)c(F)c1.[Br-]. The van der Waals surface area contributed by atoms with Gasteiger partial charge in [0.1, 0.15) is 13.1 Å². The quantitative estimate of drug-likeness (QED) is 0.256. The molecule has 6 rings (SSSR count). The number of nitrogens with one attached hydrogen (secondary N) is 1. The molecule has 2 atom stereocenters. The first kappa shape index (κ1) is 26.9. The number of ketones is 1. The summed E-state index contributed by atoms with van der Waals surface area (Å²) < 4.78 is 33.6. The Bertz CT molecular complexity index is 1230. The molecule has 0 aliphatic carbocycles. The van der Waals surface area contributed by atoms with Gasteiger partial charge in [0.05, 0.1) is 13.1 Å². The van der Waals surface area contributed by atoms with Gasteiger partial charge in [0.25, 0.3) is 0 Å². The van der Waals surface area contributed by atoms with Crippen molar-refractivity contribution >= 4 is 17.4 Å². The highest BCUT2D eigenvalue weighted by Crippen LogP contribution is 2.37. The molecule has 3 saturated heterocycles. The number of Topliss-reactive ketones (excluding diaryl/α,β-unsaturated/α-hetero) is 1. The van der Waals surface area contributed by atoms with Crippen molar-refractivity contribution in [3.05, 3.63) is 102 Å². The summed E-state index contributed by atoms with van der Waals surface area (Å²) in [5.41, 5.74) is 1.79. The van der Waals surface area contributed by atoms with E-state index in [9.17, 15) is 18.4 Å². The number of carbonyl (C=O) groups excluding carboxylic acids is 2. The van der Waals surface area contributed by atoms with Gasteiger partial charge in [-0.2, -0.15) is 0 Å². The predicted molar refractivity (Wildman–Crippen MR) is 132 cm³/mol. The van der Waals surface area contributed by atoms with Gasteiger partial charge in [-0.05, 0) is 35.9 Å². The van der Waals surface area contributed by atoms with Crippen molar-refractivity contribution in [3.8, 4) is 0 Å². The van der Waals surface area contributed by atoms with Gasteiger partial charge in [0.15, 0.2) is 23.8 Å². The topological polar surface area (TPSA) is 55.4 Å². The van der Waals surface area contributed by atoms with Crippen LogP contribution in [-0.4, -0.2) is 48.5 Å². The summed E-state index contributed by atoms with van der Waals surface area (Å²) in [6.07, 6.45) is 1.40. The Balaban J connectivity index is 0.00000320. The smallest absolute Gasteiger partial charge is 0.333 e. The Morgan fingerprint density at radius 2 is 1.57 bits per heavy atom. The number of halogens is 3. The van der Waals surface area contributed by atoms with Gasteiger partial charge in [-0.3, -0.25) is 4.79 Å². The van der Waals surface area contributed by atoms with E-state index >= 15 is 0 Å². The fourth-order valence-corrected chi connectivity index (χ4v) is 5.48. The number of hydrogen-bond donors (Lipinski definition) is 1. The molecule has 0 aromatic heterocycles. The molecule has 0 saturated carbocycles. The first-order valence-corrected chi connectivity index (χ1v) is 12.3. The molecular weight excluding hydrogens is 542 g/mol. The average Bonchev–Trinajstić information content (AvgIpc) is 2.90. The van der Waals surface area contributed by atoms with Gasteiger partial charge in [0.2, 0.25) is 5.78 Å². The number of nitrogens with zero attached hydrogens (tertiary/aromatic N) is 1. The number of ether oxygens (including phenoxy) is 1. The number of benzene rings is 3. The molecule has 37 heavy (non-hydrogen) atoms. The van der Waals surface area contributed by atoms with Crippen LogP contribution in [0.4, 0.5) is 14.5 Å². The molecule has 3 fully saturated rings. The Morgan fingerprint density at radius 3 is 2.22 bits per heavy atom. The molecule has 3 heterocycles. The van der Waals surface area contributed by atoms with Crippen LogP contribution in [0.3, 0.4) is 0 Å². The van der Waals surface area contributed by atoms with Crippen molar-refractivity contribution in [2.75, 3.05) is 31.5 Å². The molecule has 194 valence electrons.